The summed E-state index contributed by atoms with van der Waals surface area (Å²) < 4.78 is 4.44. The third-order valence-corrected chi connectivity index (χ3v) is 2.41. The van der Waals surface area contributed by atoms with E-state index in [0.717, 1.165) is 5.39 Å². The fourth-order valence-electron chi connectivity index (χ4n) is 1.71. The molecule has 0 aliphatic heterocycles. The second-order valence-electron chi connectivity index (χ2n) is 3.37. The summed E-state index contributed by atoms with van der Waals surface area (Å²) >= 11 is 0. The number of rotatable bonds is 0. The van der Waals surface area contributed by atoms with Gasteiger partial charge in [0.2, 0.25) is 0 Å². The van der Waals surface area contributed by atoms with E-state index in [9.17, 15) is 9.59 Å². The molecule has 5 heteroatoms. The van der Waals surface area contributed by atoms with Crippen LogP contribution in [-0.2, 0) is 0 Å². The standard InChI is InChI=1S/C11H6N2O3/c14-10-7-4-3-6-2-1-5-12-8(6)9(7)13-11(15)16-10/h1-5H,(H,13,15). The Morgan fingerprint density at radius 1 is 1.19 bits per heavy atom. The maximum Gasteiger partial charge on any atom is 0.419 e. The maximum atomic E-state index is 11.4. The van der Waals surface area contributed by atoms with E-state index in [4.69, 9.17) is 0 Å². The van der Waals surface area contributed by atoms with Crippen LogP contribution < -0.4 is 11.4 Å². The fraction of sp³-hybridized carbons (Fsp3) is 0. The van der Waals surface area contributed by atoms with Crippen LogP contribution in [0.15, 0.2) is 44.5 Å². The minimum absolute atomic E-state index is 0.325. The van der Waals surface area contributed by atoms with Crippen molar-refractivity contribution < 1.29 is 4.42 Å². The summed E-state index contributed by atoms with van der Waals surface area (Å²) in [6, 6.07) is 7.02. The molecule has 0 amide bonds. The van der Waals surface area contributed by atoms with Gasteiger partial charge in [-0.3, -0.25) is 9.97 Å². The highest BCUT2D eigenvalue weighted by molar-refractivity contribution is 6.01. The molecule has 0 fully saturated rings. The summed E-state index contributed by atoms with van der Waals surface area (Å²) in [5.41, 5.74) is 0.357. The summed E-state index contributed by atoms with van der Waals surface area (Å²) in [4.78, 5) is 29.2. The molecular weight excluding hydrogens is 208 g/mol. The van der Waals surface area contributed by atoms with Crippen LogP contribution in [0.2, 0.25) is 0 Å². The third-order valence-electron chi connectivity index (χ3n) is 2.41. The van der Waals surface area contributed by atoms with Crippen LogP contribution in [0.25, 0.3) is 21.8 Å². The van der Waals surface area contributed by atoms with Gasteiger partial charge >= 0.3 is 11.4 Å². The smallest absolute Gasteiger partial charge is 0.372 e. The molecule has 3 aromatic rings. The Kier molecular flexibility index (Phi) is 1.67. The maximum absolute atomic E-state index is 11.4. The Morgan fingerprint density at radius 3 is 2.94 bits per heavy atom. The number of pyridine rings is 1. The van der Waals surface area contributed by atoms with Gasteiger partial charge in [0.15, 0.2) is 0 Å². The first-order valence-electron chi connectivity index (χ1n) is 4.66. The highest BCUT2D eigenvalue weighted by atomic mass is 16.4. The number of nitrogens with zero attached hydrogens (tertiary/aromatic N) is 1. The number of hydrogen-bond donors (Lipinski definition) is 1. The molecule has 2 heterocycles. The Labute approximate surface area is 88.4 Å². The first kappa shape index (κ1) is 8.84. The molecular formula is C11H6N2O3. The largest absolute Gasteiger partial charge is 0.419 e. The number of benzene rings is 1. The molecule has 0 aliphatic carbocycles. The van der Waals surface area contributed by atoms with Gasteiger partial charge in [0.25, 0.3) is 0 Å². The Bertz CT molecular complexity index is 801. The van der Waals surface area contributed by atoms with Gasteiger partial charge in [0.1, 0.15) is 0 Å². The topological polar surface area (TPSA) is 76.0 Å². The zero-order valence-electron chi connectivity index (χ0n) is 8.06. The van der Waals surface area contributed by atoms with Gasteiger partial charge in [0, 0.05) is 11.6 Å². The van der Waals surface area contributed by atoms with Gasteiger partial charge in [-0.25, -0.2) is 9.59 Å². The van der Waals surface area contributed by atoms with E-state index in [-0.39, 0.29) is 0 Å². The number of hydrogen-bond acceptors (Lipinski definition) is 4. The average Bonchev–Trinajstić information content (AvgIpc) is 2.28. The van der Waals surface area contributed by atoms with Crippen molar-refractivity contribution in [3.05, 3.63) is 51.4 Å². The molecule has 5 nitrogen and oxygen atoms in total. The van der Waals surface area contributed by atoms with Crippen molar-refractivity contribution in [3.8, 4) is 0 Å². The zero-order chi connectivity index (χ0) is 11.1. The molecule has 0 saturated carbocycles. The molecule has 0 saturated heterocycles. The van der Waals surface area contributed by atoms with E-state index >= 15 is 0 Å². The monoisotopic (exact) mass is 214 g/mol. The van der Waals surface area contributed by atoms with Gasteiger partial charge in [-0.2, -0.15) is 0 Å². The lowest BCUT2D eigenvalue weighted by molar-refractivity contribution is 0.460. The second kappa shape index (κ2) is 3.03. The predicted molar refractivity (Wildman–Crippen MR) is 58.4 cm³/mol. The average molecular weight is 214 g/mol. The van der Waals surface area contributed by atoms with Crippen molar-refractivity contribution >= 4 is 21.8 Å². The van der Waals surface area contributed by atoms with Crippen molar-refractivity contribution in [2.75, 3.05) is 0 Å². The number of aromatic nitrogens is 2. The summed E-state index contributed by atoms with van der Waals surface area (Å²) in [5, 5.41) is 1.18. The zero-order valence-corrected chi connectivity index (χ0v) is 8.06. The highest BCUT2D eigenvalue weighted by Crippen LogP contribution is 2.17. The van der Waals surface area contributed by atoms with Crippen molar-refractivity contribution in [2.45, 2.75) is 0 Å². The highest BCUT2D eigenvalue weighted by Gasteiger charge is 2.06. The van der Waals surface area contributed by atoms with E-state index in [2.05, 4.69) is 14.4 Å². The lowest BCUT2D eigenvalue weighted by atomic mass is 10.1. The van der Waals surface area contributed by atoms with Crippen LogP contribution in [0.4, 0.5) is 0 Å². The first-order valence-corrected chi connectivity index (χ1v) is 4.66. The molecule has 3 rings (SSSR count). The first-order chi connectivity index (χ1) is 7.75. The lowest BCUT2D eigenvalue weighted by Crippen LogP contribution is -2.14. The van der Waals surface area contributed by atoms with Crippen molar-refractivity contribution in [1.82, 2.24) is 9.97 Å². The Balaban J connectivity index is 2.70. The van der Waals surface area contributed by atoms with Crippen molar-refractivity contribution in [1.29, 1.82) is 0 Å². The van der Waals surface area contributed by atoms with E-state index < -0.39 is 11.4 Å². The Morgan fingerprint density at radius 2 is 2.06 bits per heavy atom. The second-order valence-corrected chi connectivity index (χ2v) is 3.37. The summed E-state index contributed by atoms with van der Waals surface area (Å²) in [5.74, 6) is -0.768. The number of H-pyrrole nitrogens is 1. The Hall–Kier alpha value is -2.43. The number of nitrogens with one attached hydrogen (secondary N) is 1. The molecule has 16 heavy (non-hydrogen) atoms. The van der Waals surface area contributed by atoms with Gasteiger partial charge in [-0.05, 0) is 12.1 Å². The van der Waals surface area contributed by atoms with Crippen molar-refractivity contribution in [3.63, 3.8) is 0 Å². The normalized spacial score (nSPS) is 11.0. The van der Waals surface area contributed by atoms with E-state index in [1.807, 2.05) is 6.07 Å². The van der Waals surface area contributed by atoms with Crippen LogP contribution in [-0.4, -0.2) is 9.97 Å². The van der Waals surface area contributed by atoms with Gasteiger partial charge in [0.05, 0.1) is 16.4 Å². The fourth-order valence-corrected chi connectivity index (χ4v) is 1.71. The quantitative estimate of drug-likeness (QED) is 0.567. The molecule has 78 valence electrons. The molecule has 2 aromatic heterocycles. The van der Waals surface area contributed by atoms with Crippen LogP contribution in [0, 0.1) is 0 Å². The van der Waals surface area contributed by atoms with Gasteiger partial charge < -0.3 is 4.42 Å². The molecule has 0 aliphatic rings. The van der Waals surface area contributed by atoms with Crippen molar-refractivity contribution in [2.24, 2.45) is 0 Å². The summed E-state index contributed by atoms with van der Waals surface area (Å²) in [6.07, 6.45) is 1.61. The molecule has 0 spiro atoms. The van der Waals surface area contributed by atoms with Crippen LogP contribution in [0.3, 0.4) is 0 Å². The summed E-state index contributed by atoms with van der Waals surface area (Å²) in [7, 11) is 0. The molecule has 0 radical (unpaired) electrons. The summed E-state index contributed by atoms with van der Waals surface area (Å²) in [6.45, 7) is 0. The van der Waals surface area contributed by atoms with Crippen LogP contribution in [0.1, 0.15) is 0 Å². The third kappa shape index (κ3) is 1.15. The van der Waals surface area contributed by atoms with Crippen LogP contribution >= 0.6 is 0 Å². The van der Waals surface area contributed by atoms with E-state index in [1.165, 1.54) is 0 Å². The lowest BCUT2D eigenvalue weighted by Gasteiger charge is -1.99. The van der Waals surface area contributed by atoms with E-state index in [1.54, 1.807) is 24.4 Å². The minimum Gasteiger partial charge on any atom is -0.372 e. The van der Waals surface area contributed by atoms with Crippen LogP contribution in [0.5, 0.6) is 0 Å². The number of fused-ring (bicyclic) bond motifs is 3. The molecule has 1 N–H and O–H groups in total. The van der Waals surface area contributed by atoms with Gasteiger partial charge in [-0.15, -0.1) is 0 Å². The number of aromatic amines is 1. The molecule has 0 unspecified atom stereocenters. The molecule has 0 bridgehead atoms. The minimum atomic E-state index is -0.768. The molecule has 0 atom stereocenters. The predicted octanol–water partition coefficient (Wildman–Crippen LogP) is 1.03. The van der Waals surface area contributed by atoms with Gasteiger partial charge in [-0.1, -0.05) is 12.1 Å². The molecule has 1 aromatic carbocycles. The van der Waals surface area contributed by atoms with E-state index in [0.29, 0.717) is 16.4 Å². The SMILES string of the molecule is O=c1[nH]c2c(ccc3cccnc32)c(=O)o1.